The zero-order valence-corrected chi connectivity index (χ0v) is 10.1. The summed E-state index contributed by atoms with van der Waals surface area (Å²) < 4.78 is 35.7. The molecule has 6 heteroatoms. The van der Waals surface area contributed by atoms with Crippen LogP contribution in [0.3, 0.4) is 0 Å². The third kappa shape index (κ3) is 2.30. The molecule has 1 aromatic rings. The van der Waals surface area contributed by atoms with Crippen molar-refractivity contribution in [2.75, 3.05) is 18.0 Å². The monoisotopic (exact) mass is 263 g/mol. The molecule has 0 bridgehead atoms. The van der Waals surface area contributed by atoms with Crippen LogP contribution < -0.4 is 4.90 Å². The first-order valence-corrected chi connectivity index (χ1v) is 7.28. The summed E-state index contributed by atoms with van der Waals surface area (Å²) in [4.78, 5) is 1.70. The molecular weight excluding hydrogens is 253 g/mol. The van der Waals surface area contributed by atoms with Gasteiger partial charge in [0.25, 0.3) is 9.05 Å². The van der Waals surface area contributed by atoms with Crippen LogP contribution in [-0.4, -0.2) is 21.5 Å². The number of nitrogens with zero attached hydrogens (tertiary/aromatic N) is 1. The molecule has 1 fully saturated rings. The SMILES string of the molecule is O=S(=O)(Cl)c1ccc(N2CCCC2)c(F)c1. The minimum absolute atomic E-state index is 0.199. The Labute approximate surface area is 98.2 Å². The summed E-state index contributed by atoms with van der Waals surface area (Å²) in [5.41, 5.74) is 0.446. The highest BCUT2D eigenvalue weighted by molar-refractivity contribution is 8.13. The quantitative estimate of drug-likeness (QED) is 0.769. The van der Waals surface area contributed by atoms with Gasteiger partial charge in [-0.05, 0) is 31.0 Å². The lowest BCUT2D eigenvalue weighted by Gasteiger charge is -2.18. The van der Waals surface area contributed by atoms with E-state index >= 15 is 0 Å². The Morgan fingerprint density at radius 1 is 1.25 bits per heavy atom. The summed E-state index contributed by atoms with van der Waals surface area (Å²) in [6, 6.07) is 3.77. The largest absolute Gasteiger partial charge is 0.369 e. The molecule has 3 nitrogen and oxygen atoms in total. The summed E-state index contributed by atoms with van der Waals surface area (Å²) in [6.07, 6.45) is 2.07. The summed E-state index contributed by atoms with van der Waals surface area (Å²) in [6.45, 7) is 1.62. The second kappa shape index (κ2) is 4.22. The van der Waals surface area contributed by atoms with Crippen molar-refractivity contribution in [3.05, 3.63) is 24.0 Å². The predicted molar refractivity (Wildman–Crippen MR) is 60.9 cm³/mol. The van der Waals surface area contributed by atoms with Gasteiger partial charge in [0, 0.05) is 23.8 Å². The second-order valence-corrected chi connectivity index (χ2v) is 6.31. The highest BCUT2D eigenvalue weighted by atomic mass is 35.7. The summed E-state index contributed by atoms with van der Waals surface area (Å²) in [7, 11) is 1.28. The molecule has 0 aromatic heterocycles. The van der Waals surface area contributed by atoms with Gasteiger partial charge in [0.15, 0.2) is 0 Å². The summed E-state index contributed by atoms with van der Waals surface area (Å²) >= 11 is 0. The maximum atomic E-state index is 13.7. The van der Waals surface area contributed by atoms with Crippen LogP contribution in [0.5, 0.6) is 0 Å². The van der Waals surface area contributed by atoms with Gasteiger partial charge in [-0.1, -0.05) is 0 Å². The van der Waals surface area contributed by atoms with Crippen LogP contribution in [0.15, 0.2) is 23.1 Å². The van der Waals surface area contributed by atoms with E-state index in [4.69, 9.17) is 10.7 Å². The maximum Gasteiger partial charge on any atom is 0.261 e. The fourth-order valence-corrected chi connectivity index (χ4v) is 2.62. The van der Waals surface area contributed by atoms with Gasteiger partial charge in [-0.15, -0.1) is 0 Å². The van der Waals surface area contributed by atoms with Crippen LogP contribution in [0.1, 0.15) is 12.8 Å². The van der Waals surface area contributed by atoms with Crippen LogP contribution in [0.25, 0.3) is 0 Å². The van der Waals surface area contributed by atoms with E-state index in [0.29, 0.717) is 5.69 Å². The molecule has 0 aliphatic carbocycles. The Hall–Kier alpha value is -0.810. The van der Waals surface area contributed by atoms with E-state index in [0.717, 1.165) is 32.0 Å². The first-order chi connectivity index (χ1) is 7.48. The van der Waals surface area contributed by atoms with E-state index in [-0.39, 0.29) is 4.90 Å². The zero-order chi connectivity index (χ0) is 11.8. The molecule has 2 rings (SSSR count). The van der Waals surface area contributed by atoms with Crippen LogP contribution in [0.4, 0.5) is 10.1 Å². The van der Waals surface area contributed by atoms with Crippen LogP contribution >= 0.6 is 10.7 Å². The number of anilines is 1. The fraction of sp³-hybridized carbons (Fsp3) is 0.400. The molecule has 16 heavy (non-hydrogen) atoms. The van der Waals surface area contributed by atoms with Crippen molar-refractivity contribution in [2.45, 2.75) is 17.7 Å². The van der Waals surface area contributed by atoms with Gasteiger partial charge in [0.2, 0.25) is 0 Å². The van der Waals surface area contributed by atoms with Gasteiger partial charge in [-0.3, -0.25) is 0 Å². The van der Waals surface area contributed by atoms with Crippen molar-refractivity contribution in [3.8, 4) is 0 Å². The second-order valence-electron chi connectivity index (χ2n) is 3.75. The Balaban J connectivity index is 2.37. The molecule has 0 radical (unpaired) electrons. The number of hydrogen-bond donors (Lipinski definition) is 0. The molecule has 1 aromatic carbocycles. The molecule has 0 unspecified atom stereocenters. The standard InChI is InChI=1S/C10H11ClFNO2S/c11-16(14,15)8-3-4-10(9(12)7-8)13-5-1-2-6-13/h3-4,7H,1-2,5-6H2. The number of halogens is 2. The molecule has 88 valence electrons. The molecular formula is C10H11ClFNO2S. The zero-order valence-electron chi connectivity index (χ0n) is 8.49. The topological polar surface area (TPSA) is 37.4 Å². The molecule has 0 amide bonds. The smallest absolute Gasteiger partial charge is 0.261 e. The first kappa shape index (κ1) is 11.7. The minimum atomic E-state index is -3.85. The molecule has 0 spiro atoms. The van der Waals surface area contributed by atoms with E-state index in [1.807, 2.05) is 4.90 Å². The highest BCUT2D eigenvalue weighted by Crippen LogP contribution is 2.26. The van der Waals surface area contributed by atoms with Crippen LogP contribution in [0.2, 0.25) is 0 Å². The van der Waals surface area contributed by atoms with Crippen LogP contribution in [-0.2, 0) is 9.05 Å². The Kier molecular flexibility index (Phi) is 3.08. The van der Waals surface area contributed by atoms with Crippen molar-refractivity contribution >= 4 is 25.4 Å². The van der Waals surface area contributed by atoms with Crippen molar-refractivity contribution in [3.63, 3.8) is 0 Å². The Morgan fingerprint density at radius 3 is 2.38 bits per heavy atom. The van der Waals surface area contributed by atoms with Crippen molar-refractivity contribution in [2.24, 2.45) is 0 Å². The number of rotatable bonds is 2. The average Bonchev–Trinajstić information content (AvgIpc) is 2.69. The van der Waals surface area contributed by atoms with E-state index in [9.17, 15) is 12.8 Å². The van der Waals surface area contributed by atoms with Gasteiger partial charge in [0.1, 0.15) is 5.82 Å². The molecule has 0 saturated carbocycles. The molecule has 1 aliphatic rings. The predicted octanol–water partition coefficient (Wildman–Crippen LogP) is 2.35. The van der Waals surface area contributed by atoms with Gasteiger partial charge in [-0.25, -0.2) is 12.8 Å². The minimum Gasteiger partial charge on any atom is -0.369 e. The normalized spacial score (nSPS) is 16.8. The van der Waals surface area contributed by atoms with Crippen molar-refractivity contribution in [1.82, 2.24) is 0 Å². The molecule has 1 heterocycles. The maximum absolute atomic E-state index is 13.7. The summed E-state index contributed by atoms with van der Waals surface area (Å²) in [5, 5.41) is 0. The highest BCUT2D eigenvalue weighted by Gasteiger charge is 2.18. The molecule has 0 N–H and O–H groups in total. The van der Waals surface area contributed by atoms with Crippen molar-refractivity contribution in [1.29, 1.82) is 0 Å². The third-order valence-corrected chi connectivity index (χ3v) is 4.00. The summed E-state index contributed by atoms with van der Waals surface area (Å²) in [5.74, 6) is -0.538. The van der Waals surface area contributed by atoms with E-state index in [1.165, 1.54) is 12.1 Å². The molecule has 0 atom stereocenters. The van der Waals surface area contributed by atoms with E-state index in [1.54, 1.807) is 0 Å². The number of benzene rings is 1. The first-order valence-electron chi connectivity index (χ1n) is 4.97. The van der Waals surface area contributed by atoms with E-state index in [2.05, 4.69) is 0 Å². The Morgan fingerprint density at radius 2 is 1.88 bits per heavy atom. The lowest BCUT2D eigenvalue weighted by molar-refractivity contribution is 0.601. The van der Waals surface area contributed by atoms with Gasteiger partial charge in [0.05, 0.1) is 10.6 Å². The number of hydrogen-bond acceptors (Lipinski definition) is 3. The molecule has 1 aliphatic heterocycles. The third-order valence-electron chi connectivity index (χ3n) is 2.65. The van der Waals surface area contributed by atoms with Crippen molar-refractivity contribution < 1.29 is 12.8 Å². The van der Waals surface area contributed by atoms with Gasteiger partial charge >= 0.3 is 0 Å². The van der Waals surface area contributed by atoms with E-state index < -0.39 is 14.9 Å². The van der Waals surface area contributed by atoms with Gasteiger partial charge in [-0.2, -0.15) is 0 Å². The van der Waals surface area contributed by atoms with Crippen LogP contribution in [0, 0.1) is 5.82 Å². The Bertz CT molecular complexity index is 498. The lowest BCUT2D eigenvalue weighted by Crippen LogP contribution is -2.19. The lowest BCUT2D eigenvalue weighted by atomic mass is 10.3. The fourth-order valence-electron chi connectivity index (χ4n) is 1.85. The molecule has 1 saturated heterocycles. The average molecular weight is 264 g/mol. The van der Waals surface area contributed by atoms with Gasteiger partial charge < -0.3 is 4.90 Å².